The Labute approximate surface area is 118 Å². The molecule has 110 valence electrons. The van der Waals surface area contributed by atoms with Gasteiger partial charge in [-0.15, -0.1) is 0 Å². The van der Waals surface area contributed by atoms with Crippen molar-refractivity contribution in [3.63, 3.8) is 0 Å². The summed E-state index contributed by atoms with van der Waals surface area (Å²) < 4.78 is 13.0. The normalized spacial score (nSPS) is 22.4. The molecule has 20 heavy (non-hydrogen) atoms. The Kier molecular flexibility index (Phi) is 4.95. The second-order valence-electron chi connectivity index (χ2n) is 5.43. The Morgan fingerprint density at radius 1 is 1.45 bits per heavy atom. The Bertz CT molecular complexity index is 467. The van der Waals surface area contributed by atoms with E-state index >= 15 is 0 Å². The van der Waals surface area contributed by atoms with Crippen LogP contribution in [0.25, 0.3) is 0 Å². The van der Waals surface area contributed by atoms with Crippen molar-refractivity contribution in [2.75, 3.05) is 18.9 Å². The van der Waals surface area contributed by atoms with Crippen molar-refractivity contribution < 1.29 is 14.3 Å². The van der Waals surface area contributed by atoms with E-state index in [0.717, 1.165) is 25.7 Å². The highest BCUT2D eigenvalue weighted by atomic mass is 19.1. The van der Waals surface area contributed by atoms with Crippen LogP contribution < -0.4 is 5.32 Å². The van der Waals surface area contributed by atoms with Crippen LogP contribution in [0.2, 0.25) is 0 Å². The minimum absolute atomic E-state index is 0.131. The van der Waals surface area contributed by atoms with Gasteiger partial charge in [0.2, 0.25) is 0 Å². The lowest BCUT2D eigenvalue weighted by Crippen LogP contribution is -2.40. The number of rotatable bonds is 3. The predicted molar refractivity (Wildman–Crippen MR) is 76.0 cm³/mol. The Morgan fingerprint density at radius 3 is 2.90 bits per heavy atom. The number of nitrogens with one attached hydrogen (secondary N) is 1. The molecule has 2 unspecified atom stereocenters. The Hall–Kier alpha value is -1.62. The molecule has 0 heterocycles. The van der Waals surface area contributed by atoms with Crippen LogP contribution in [0.1, 0.15) is 25.7 Å². The Morgan fingerprint density at radius 2 is 2.20 bits per heavy atom. The fourth-order valence-electron chi connectivity index (χ4n) is 2.62. The minimum Gasteiger partial charge on any atom is -0.393 e. The van der Waals surface area contributed by atoms with Gasteiger partial charge in [-0.3, -0.25) is 0 Å². The first-order valence-electron chi connectivity index (χ1n) is 7.02. The summed E-state index contributed by atoms with van der Waals surface area (Å²) in [6, 6.07) is 5.52. The van der Waals surface area contributed by atoms with Crippen molar-refractivity contribution in [3.8, 4) is 0 Å². The standard InChI is InChI=1S/C15H21FN2O2/c1-18(10-11-5-2-3-8-14(11)19)15(20)17-13-7-4-6-12(16)9-13/h4,6-7,9,11,14,19H,2-3,5,8,10H2,1H3,(H,17,20). The van der Waals surface area contributed by atoms with E-state index in [4.69, 9.17) is 0 Å². The number of hydrogen-bond donors (Lipinski definition) is 2. The zero-order valence-electron chi connectivity index (χ0n) is 11.7. The minimum atomic E-state index is -0.381. The van der Waals surface area contributed by atoms with Gasteiger partial charge >= 0.3 is 6.03 Å². The van der Waals surface area contributed by atoms with E-state index < -0.39 is 0 Å². The van der Waals surface area contributed by atoms with Gasteiger partial charge in [0.15, 0.2) is 0 Å². The van der Waals surface area contributed by atoms with Crippen molar-refractivity contribution in [3.05, 3.63) is 30.1 Å². The maximum absolute atomic E-state index is 13.0. The third-order valence-electron chi connectivity index (χ3n) is 3.80. The van der Waals surface area contributed by atoms with Crippen LogP contribution in [-0.4, -0.2) is 35.7 Å². The van der Waals surface area contributed by atoms with Crippen molar-refractivity contribution in [1.29, 1.82) is 0 Å². The number of hydrogen-bond acceptors (Lipinski definition) is 2. The van der Waals surface area contributed by atoms with E-state index in [2.05, 4.69) is 5.32 Å². The van der Waals surface area contributed by atoms with Crippen LogP contribution >= 0.6 is 0 Å². The molecule has 0 saturated heterocycles. The van der Waals surface area contributed by atoms with Crippen LogP contribution in [0.3, 0.4) is 0 Å². The zero-order valence-corrected chi connectivity index (χ0v) is 11.7. The number of anilines is 1. The van der Waals surface area contributed by atoms with Crippen LogP contribution in [0.15, 0.2) is 24.3 Å². The van der Waals surface area contributed by atoms with Gasteiger partial charge < -0.3 is 15.3 Å². The molecule has 1 saturated carbocycles. The molecule has 2 amide bonds. The zero-order chi connectivity index (χ0) is 14.5. The highest BCUT2D eigenvalue weighted by Crippen LogP contribution is 2.25. The molecule has 1 aromatic carbocycles. The summed E-state index contributed by atoms with van der Waals surface area (Å²) in [5.41, 5.74) is 0.436. The van der Waals surface area contributed by atoms with Gasteiger partial charge in [0.1, 0.15) is 5.82 Å². The van der Waals surface area contributed by atoms with Crippen molar-refractivity contribution in [2.45, 2.75) is 31.8 Å². The summed E-state index contributed by atoms with van der Waals surface area (Å²) in [5, 5.41) is 12.6. The molecule has 4 nitrogen and oxygen atoms in total. The number of aliphatic hydroxyl groups is 1. The SMILES string of the molecule is CN(CC1CCCCC1O)C(=O)Nc1cccc(F)c1. The maximum Gasteiger partial charge on any atom is 0.321 e. The summed E-state index contributed by atoms with van der Waals surface area (Å²) >= 11 is 0. The van der Waals surface area contributed by atoms with Crippen molar-refractivity contribution >= 4 is 11.7 Å². The van der Waals surface area contributed by atoms with E-state index in [-0.39, 0.29) is 23.9 Å². The molecule has 2 rings (SSSR count). The van der Waals surface area contributed by atoms with Crippen molar-refractivity contribution in [1.82, 2.24) is 4.90 Å². The molecule has 0 aliphatic heterocycles. The summed E-state index contributed by atoms with van der Waals surface area (Å²) in [6.45, 7) is 0.516. The quantitative estimate of drug-likeness (QED) is 0.894. The average molecular weight is 280 g/mol. The summed E-state index contributed by atoms with van der Waals surface area (Å²) in [5.74, 6) is -0.250. The first-order chi connectivity index (χ1) is 9.56. The summed E-state index contributed by atoms with van der Waals surface area (Å²) in [7, 11) is 1.69. The number of carbonyl (C=O) groups excluding carboxylic acids is 1. The van der Waals surface area contributed by atoms with Gasteiger partial charge in [0.05, 0.1) is 6.10 Å². The number of amides is 2. The van der Waals surface area contributed by atoms with Crippen molar-refractivity contribution in [2.24, 2.45) is 5.92 Å². The lowest BCUT2D eigenvalue weighted by molar-refractivity contribution is 0.0575. The third-order valence-corrected chi connectivity index (χ3v) is 3.80. The molecule has 2 N–H and O–H groups in total. The van der Waals surface area contributed by atoms with Gasteiger partial charge in [0, 0.05) is 25.2 Å². The molecular weight excluding hydrogens is 259 g/mol. The summed E-state index contributed by atoms with van der Waals surface area (Å²) in [4.78, 5) is 13.6. The van der Waals surface area contributed by atoms with E-state index in [9.17, 15) is 14.3 Å². The third kappa shape index (κ3) is 3.93. The Balaban J connectivity index is 1.88. The molecular formula is C15H21FN2O2. The number of carbonyl (C=O) groups is 1. The second kappa shape index (κ2) is 6.70. The lowest BCUT2D eigenvalue weighted by atomic mass is 9.86. The molecule has 0 bridgehead atoms. The van der Waals surface area contributed by atoms with Gasteiger partial charge in [-0.05, 0) is 31.0 Å². The second-order valence-corrected chi connectivity index (χ2v) is 5.43. The highest BCUT2D eigenvalue weighted by molar-refractivity contribution is 5.89. The number of urea groups is 1. The average Bonchev–Trinajstić information content (AvgIpc) is 2.41. The number of benzene rings is 1. The fourth-order valence-corrected chi connectivity index (χ4v) is 2.62. The fraction of sp³-hybridized carbons (Fsp3) is 0.533. The smallest absolute Gasteiger partial charge is 0.321 e. The number of nitrogens with zero attached hydrogens (tertiary/aromatic N) is 1. The first kappa shape index (κ1) is 14.8. The first-order valence-corrected chi connectivity index (χ1v) is 7.02. The van der Waals surface area contributed by atoms with Gasteiger partial charge in [-0.25, -0.2) is 9.18 Å². The molecule has 0 radical (unpaired) electrons. The number of halogens is 1. The lowest BCUT2D eigenvalue weighted by Gasteiger charge is -2.31. The van der Waals surface area contributed by atoms with Gasteiger partial charge in [-0.2, -0.15) is 0 Å². The van der Waals surface area contributed by atoms with Gasteiger partial charge in [0.25, 0.3) is 0 Å². The van der Waals surface area contributed by atoms with E-state index in [1.54, 1.807) is 24.1 Å². The van der Waals surface area contributed by atoms with Crippen LogP contribution in [0, 0.1) is 11.7 Å². The predicted octanol–water partition coefficient (Wildman–Crippen LogP) is 2.84. The summed E-state index contributed by atoms with van der Waals surface area (Å²) in [6.07, 6.45) is 3.58. The van der Waals surface area contributed by atoms with E-state index in [0.29, 0.717) is 12.2 Å². The monoisotopic (exact) mass is 280 g/mol. The van der Waals surface area contributed by atoms with Crippen LogP contribution in [-0.2, 0) is 0 Å². The van der Waals surface area contributed by atoms with Crippen LogP contribution in [0.5, 0.6) is 0 Å². The molecule has 5 heteroatoms. The van der Waals surface area contributed by atoms with E-state index in [1.807, 2.05) is 0 Å². The molecule has 1 aromatic rings. The largest absolute Gasteiger partial charge is 0.393 e. The molecule has 0 spiro atoms. The van der Waals surface area contributed by atoms with Crippen LogP contribution in [0.4, 0.5) is 14.9 Å². The number of aliphatic hydroxyl groups excluding tert-OH is 1. The molecule has 1 aliphatic rings. The highest BCUT2D eigenvalue weighted by Gasteiger charge is 2.25. The topological polar surface area (TPSA) is 52.6 Å². The van der Waals surface area contributed by atoms with Gasteiger partial charge in [-0.1, -0.05) is 18.9 Å². The molecule has 2 atom stereocenters. The molecule has 1 fully saturated rings. The molecule has 0 aromatic heterocycles. The maximum atomic E-state index is 13.0. The van der Waals surface area contributed by atoms with E-state index in [1.165, 1.54) is 12.1 Å². The molecule has 1 aliphatic carbocycles.